The SMILES string of the molecule is CCc1ccc(CCC(=O)N(Cc2c(Cl)cccc2Cl)C(CC)C(=O)NC(C)CC)cc1. The van der Waals surface area contributed by atoms with Gasteiger partial charge in [0.25, 0.3) is 0 Å². The summed E-state index contributed by atoms with van der Waals surface area (Å²) in [5.41, 5.74) is 3.03. The van der Waals surface area contributed by atoms with E-state index >= 15 is 0 Å². The Bertz CT molecular complexity index is 879. The van der Waals surface area contributed by atoms with Crippen molar-refractivity contribution < 1.29 is 9.59 Å². The molecule has 0 aromatic heterocycles. The molecule has 1 N–H and O–H groups in total. The summed E-state index contributed by atoms with van der Waals surface area (Å²) in [7, 11) is 0. The second-order valence-electron chi connectivity index (χ2n) is 8.13. The quantitative estimate of drug-likeness (QED) is 0.418. The lowest BCUT2D eigenvalue weighted by Gasteiger charge is -2.32. The molecule has 2 aromatic carbocycles. The van der Waals surface area contributed by atoms with Crippen LogP contribution in [0.4, 0.5) is 0 Å². The Morgan fingerprint density at radius 1 is 0.938 bits per heavy atom. The molecule has 174 valence electrons. The fraction of sp³-hybridized carbons (Fsp3) is 0.462. The molecule has 0 bridgehead atoms. The number of benzene rings is 2. The van der Waals surface area contributed by atoms with Crippen molar-refractivity contribution in [3.63, 3.8) is 0 Å². The Balaban J connectivity index is 2.26. The van der Waals surface area contributed by atoms with Gasteiger partial charge in [-0.25, -0.2) is 0 Å². The molecule has 2 amide bonds. The zero-order valence-corrected chi connectivity index (χ0v) is 21.0. The van der Waals surface area contributed by atoms with Crippen molar-refractivity contribution in [2.45, 2.75) is 78.4 Å². The van der Waals surface area contributed by atoms with Crippen LogP contribution in [0.1, 0.15) is 63.6 Å². The number of halogens is 2. The fourth-order valence-corrected chi connectivity index (χ4v) is 4.07. The van der Waals surface area contributed by atoms with Crippen molar-refractivity contribution in [1.82, 2.24) is 10.2 Å². The maximum Gasteiger partial charge on any atom is 0.243 e. The minimum atomic E-state index is -0.591. The van der Waals surface area contributed by atoms with E-state index in [9.17, 15) is 9.59 Å². The van der Waals surface area contributed by atoms with E-state index in [0.717, 1.165) is 18.4 Å². The minimum absolute atomic E-state index is 0.0366. The lowest BCUT2D eigenvalue weighted by molar-refractivity contribution is -0.141. The topological polar surface area (TPSA) is 49.4 Å². The lowest BCUT2D eigenvalue weighted by atomic mass is 10.0. The molecule has 0 saturated heterocycles. The van der Waals surface area contributed by atoms with Crippen molar-refractivity contribution in [2.75, 3.05) is 0 Å². The molecular weight excluding hydrogens is 443 g/mol. The van der Waals surface area contributed by atoms with Crippen LogP contribution >= 0.6 is 23.2 Å². The van der Waals surface area contributed by atoms with Gasteiger partial charge in [-0.2, -0.15) is 0 Å². The molecule has 0 radical (unpaired) electrons. The van der Waals surface area contributed by atoms with Crippen LogP contribution in [0.2, 0.25) is 10.0 Å². The van der Waals surface area contributed by atoms with Crippen LogP contribution < -0.4 is 5.32 Å². The summed E-state index contributed by atoms with van der Waals surface area (Å²) in [4.78, 5) is 28.0. The average Bonchev–Trinajstić information content (AvgIpc) is 2.79. The molecule has 0 fully saturated rings. The third-order valence-corrected chi connectivity index (χ3v) is 6.54. The number of rotatable bonds is 11. The number of carbonyl (C=O) groups is 2. The summed E-state index contributed by atoms with van der Waals surface area (Å²) in [5, 5.41) is 4.00. The van der Waals surface area contributed by atoms with E-state index in [2.05, 4.69) is 36.5 Å². The summed E-state index contributed by atoms with van der Waals surface area (Å²) in [6.07, 6.45) is 3.22. The van der Waals surface area contributed by atoms with Crippen molar-refractivity contribution >= 4 is 35.0 Å². The number of carbonyl (C=O) groups excluding carboxylic acids is 2. The van der Waals surface area contributed by atoms with Gasteiger partial charge in [0.05, 0.1) is 0 Å². The molecule has 6 heteroatoms. The highest BCUT2D eigenvalue weighted by Gasteiger charge is 2.30. The molecule has 2 atom stereocenters. The molecule has 0 spiro atoms. The van der Waals surface area contributed by atoms with Crippen LogP contribution in [-0.4, -0.2) is 28.8 Å². The van der Waals surface area contributed by atoms with Crippen molar-refractivity contribution in [1.29, 1.82) is 0 Å². The van der Waals surface area contributed by atoms with Crippen LogP contribution in [0.5, 0.6) is 0 Å². The lowest BCUT2D eigenvalue weighted by Crippen LogP contribution is -2.50. The Labute approximate surface area is 202 Å². The number of amides is 2. The van der Waals surface area contributed by atoms with Crippen molar-refractivity contribution in [3.8, 4) is 0 Å². The first-order valence-corrected chi connectivity index (χ1v) is 12.2. The number of hydrogen-bond donors (Lipinski definition) is 1. The van der Waals surface area contributed by atoms with E-state index in [4.69, 9.17) is 23.2 Å². The highest BCUT2D eigenvalue weighted by Crippen LogP contribution is 2.27. The molecule has 2 aromatic rings. The van der Waals surface area contributed by atoms with E-state index < -0.39 is 6.04 Å². The standard InChI is InChI=1S/C26H34Cl2N2O2/c1-5-18(4)29-26(32)24(7-3)30(17-21-22(27)9-8-10-23(21)28)25(31)16-15-20-13-11-19(6-2)12-14-20/h8-14,18,24H,5-7,15-17H2,1-4H3,(H,29,32). The second kappa shape index (κ2) is 12.9. The van der Waals surface area contributed by atoms with Crippen LogP contribution in [0.15, 0.2) is 42.5 Å². The largest absolute Gasteiger partial charge is 0.352 e. The van der Waals surface area contributed by atoms with Crippen LogP contribution in [0.3, 0.4) is 0 Å². The van der Waals surface area contributed by atoms with E-state index in [1.165, 1.54) is 5.56 Å². The molecule has 2 rings (SSSR count). The summed E-state index contributed by atoms with van der Waals surface area (Å²) >= 11 is 12.8. The van der Waals surface area contributed by atoms with Gasteiger partial charge in [-0.15, -0.1) is 0 Å². The Morgan fingerprint density at radius 3 is 2.06 bits per heavy atom. The Kier molecular flexibility index (Phi) is 10.5. The molecule has 0 heterocycles. The first-order chi connectivity index (χ1) is 15.3. The average molecular weight is 477 g/mol. The number of nitrogens with zero attached hydrogens (tertiary/aromatic N) is 1. The molecule has 0 saturated carbocycles. The monoisotopic (exact) mass is 476 g/mol. The highest BCUT2D eigenvalue weighted by atomic mass is 35.5. The molecule has 4 nitrogen and oxygen atoms in total. The van der Waals surface area contributed by atoms with E-state index in [0.29, 0.717) is 34.9 Å². The zero-order valence-electron chi connectivity index (χ0n) is 19.5. The zero-order chi connectivity index (χ0) is 23.7. The van der Waals surface area contributed by atoms with Gasteiger partial charge in [0, 0.05) is 34.6 Å². The van der Waals surface area contributed by atoms with Crippen LogP contribution in [0, 0.1) is 0 Å². The molecular formula is C26H34Cl2N2O2. The van der Waals surface area contributed by atoms with Gasteiger partial charge in [-0.05, 0) is 55.9 Å². The maximum atomic E-state index is 13.4. The van der Waals surface area contributed by atoms with E-state index in [-0.39, 0.29) is 24.4 Å². The molecule has 0 aliphatic carbocycles. The van der Waals surface area contributed by atoms with E-state index in [1.807, 2.05) is 20.8 Å². The number of nitrogens with one attached hydrogen (secondary N) is 1. The summed E-state index contributed by atoms with van der Waals surface area (Å²) in [6.45, 7) is 8.20. The van der Waals surface area contributed by atoms with Gasteiger partial charge in [0.2, 0.25) is 11.8 Å². The second-order valence-corrected chi connectivity index (χ2v) is 8.95. The highest BCUT2D eigenvalue weighted by molar-refractivity contribution is 6.36. The summed E-state index contributed by atoms with van der Waals surface area (Å²) < 4.78 is 0. The van der Waals surface area contributed by atoms with Gasteiger partial charge in [-0.3, -0.25) is 9.59 Å². The van der Waals surface area contributed by atoms with Crippen molar-refractivity contribution in [3.05, 3.63) is 69.2 Å². The third kappa shape index (κ3) is 7.25. The minimum Gasteiger partial charge on any atom is -0.352 e. The normalized spacial score (nSPS) is 12.8. The van der Waals surface area contributed by atoms with Gasteiger partial charge < -0.3 is 10.2 Å². The Morgan fingerprint density at radius 2 is 1.53 bits per heavy atom. The number of hydrogen-bond acceptors (Lipinski definition) is 2. The first kappa shape index (κ1) is 26.2. The van der Waals surface area contributed by atoms with Gasteiger partial charge in [0.1, 0.15) is 6.04 Å². The summed E-state index contributed by atoms with van der Waals surface area (Å²) in [5.74, 6) is -0.239. The first-order valence-electron chi connectivity index (χ1n) is 11.4. The van der Waals surface area contributed by atoms with Crippen LogP contribution in [-0.2, 0) is 29.0 Å². The Hall–Kier alpha value is -2.04. The van der Waals surface area contributed by atoms with Crippen LogP contribution in [0.25, 0.3) is 0 Å². The molecule has 0 aliphatic heterocycles. The molecule has 0 aliphatic rings. The third-order valence-electron chi connectivity index (χ3n) is 5.84. The predicted octanol–water partition coefficient (Wildman–Crippen LogP) is 6.21. The maximum absolute atomic E-state index is 13.4. The van der Waals surface area contributed by atoms with Gasteiger partial charge >= 0.3 is 0 Å². The van der Waals surface area contributed by atoms with Crippen molar-refractivity contribution in [2.24, 2.45) is 0 Å². The summed E-state index contributed by atoms with van der Waals surface area (Å²) in [6, 6.07) is 13.0. The fourth-order valence-electron chi connectivity index (χ4n) is 3.55. The molecule has 2 unspecified atom stereocenters. The predicted molar refractivity (Wildman–Crippen MR) is 133 cm³/mol. The molecule has 32 heavy (non-hydrogen) atoms. The van der Waals surface area contributed by atoms with Gasteiger partial charge in [0.15, 0.2) is 0 Å². The van der Waals surface area contributed by atoms with Gasteiger partial charge in [-0.1, -0.05) is 74.3 Å². The van der Waals surface area contributed by atoms with E-state index in [1.54, 1.807) is 23.1 Å². The smallest absolute Gasteiger partial charge is 0.243 e. The number of aryl methyl sites for hydroxylation is 2.